The maximum absolute atomic E-state index is 4.57. The lowest BCUT2D eigenvalue weighted by Gasteiger charge is -2.27. The SMILES string of the molecule is CCCn1ccnc1CC(CC1CCSCC1)NCC. The van der Waals surface area contributed by atoms with E-state index in [0.717, 1.165) is 25.4 Å². The smallest absolute Gasteiger partial charge is 0.110 e. The predicted octanol–water partition coefficient (Wildman–Crippen LogP) is 3.35. The van der Waals surface area contributed by atoms with Gasteiger partial charge in [0.2, 0.25) is 0 Å². The van der Waals surface area contributed by atoms with Gasteiger partial charge in [0.15, 0.2) is 0 Å². The van der Waals surface area contributed by atoms with E-state index in [0.29, 0.717) is 6.04 Å². The largest absolute Gasteiger partial charge is 0.335 e. The molecule has 1 atom stereocenters. The van der Waals surface area contributed by atoms with Crippen molar-refractivity contribution < 1.29 is 0 Å². The van der Waals surface area contributed by atoms with E-state index in [2.05, 4.69) is 46.7 Å². The fourth-order valence-electron chi connectivity index (χ4n) is 3.11. The average Bonchev–Trinajstić information content (AvgIpc) is 2.88. The van der Waals surface area contributed by atoms with Crippen LogP contribution >= 0.6 is 11.8 Å². The molecule has 1 unspecified atom stereocenters. The first-order valence-corrected chi connectivity index (χ1v) is 9.30. The van der Waals surface area contributed by atoms with Crippen LogP contribution in [0.1, 0.15) is 45.4 Å². The van der Waals surface area contributed by atoms with Crippen molar-refractivity contribution in [3.05, 3.63) is 18.2 Å². The molecule has 2 heterocycles. The number of thioether (sulfide) groups is 1. The van der Waals surface area contributed by atoms with E-state index in [9.17, 15) is 0 Å². The number of aromatic nitrogens is 2. The Balaban J connectivity index is 1.91. The number of nitrogens with one attached hydrogen (secondary N) is 1. The standard InChI is InChI=1S/C16H29N3S/c1-3-8-19-9-7-18-16(19)13-15(17-4-2)12-14-5-10-20-11-6-14/h7,9,14-15,17H,3-6,8,10-13H2,1-2H3. The third-order valence-electron chi connectivity index (χ3n) is 4.15. The molecule has 0 saturated carbocycles. The van der Waals surface area contributed by atoms with Crippen molar-refractivity contribution in [2.75, 3.05) is 18.1 Å². The molecule has 1 saturated heterocycles. The molecule has 0 bridgehead atoms. The number of aryl methyl sites for hydroxylation is 1. The number of nitrogens with zero attached hydrogens (tertiary/aromatic N) is 2. The van der Waals surface area contributed by atoms with Crippen molar-refractivity contribution >= 4 is 11.8 Å². The minimum absolute atomic E-state index is 0.589. The van der Waals surface area contributed by atoms with Crippen LogP contribution in [0.5, 0.6) is 0 Å². The van der Waals surface area contributed by atoms with E-state index >= 15 is 0 Å². The van der Waals surface area contributed by atoms with Gasteiger partial charge >= 0.3 is 0 Å². The molecule has 0 amide bonds. The highest BCUT2D eigenvalue weighted by molar-refractivity contribution is 7.99. The predicted molar refractivity (Wildman–Crippen MR) is 88.4 cm³/mol. The van der Waals surface area contributed by atoms with E-state index in [4.69, 9.17) is 0 Å². The van der Waals surface area contributed by atoms with Gasteiger partial charge in [-0.15, -0.1) is 0 Å². The van der Waals surface area contributed by atoms with E-state index in [1.165, 1.54) is 43.0 Å². The zero-order chi connectivity index (χ0) is 14.2. The summed E-state index contributed by atoms with van der Waals surface area (Å²) in [4.78, 5) is 4.57. The minimum atomic E-state index is 0.589. The molecule has 4 heteroatoms. The number of hydrogen-bond donors (Lipinski definition) is 1. The number of likely N-dealkylation sites (N-methyl/N-ethyl adjacent to an activating group) is 1. The van der Waals surface area contributed by atoms with Crippen molar-refractivity contribution in [3.8, 4) is 0 Å². The van der Waals surface area contributed by atoms with Gasteiger partial charge in [0.1, 0.15) is 5.82 Å². The lowest BCUT2D eigenvalue weighted by Crippen LogP contribution is -2.34. The molecule has 20 heavy (non-hydrogen) atoms. The molecule has 3 nitrogen and oxygen atoms in total. The second kappa shape index (κ2) is 8.73. The van der Waals surface area contributed by atoms with Crippen molar-refractivity contribution in [2.24, 2.45) is 5.92 Å². The molecule has 1 fully saturated rings. The minimum Gasteiger partial charge on any atom is -0.335 e. The van der Waals surface area contributed by atoms with Crippen LogP contribution in [0.15, 0.2) is 12.4 Å². The molecule has 1 aromatic rings. The molecular formula is C16H29N3S. The Morgan fingerprint density at radius 1 is 1.40 bits per heavy atom. The van der Waals surface area contributed by atoms with Gasteiger partial charge in [0, 0.05) is 31.4 Å². The zero-order valence-electron chi connectivity index (χ0n) is 13.0. The molecule has 0 radical (unpaired) electrons. The highest BCUT2D eigenvalue weighted by Gasteiger charge is 2.20. The summed E-state index contributed by atoms with van der Waals surface area (Å²) in [7, 11) is 0. The van der Waals surface area contributed by atoms with Gasteiger partial charge in [-0.25, -0.2) is 4.98 Å². The second-order valence-corrected chi connectivity index (χ2v) is 7.01. The summed E-state index contributed by atoms with van der Waals surface area (Å²) in [5, 5.41) is 3.68. The highest BCUT2D eigenvalue weighted by Crippen LogP contribution is 2.27. The Morgan fingerprint density at radius 2 is 2.20 bits per heavy atom. The third kappa shape index (κ3) is 4.81. The third-order valence-corrected chi connectivity index (χ3v) is 5.20. The summed E-state index contributed by atoms with van der Waals surface area (Å²) < 4.78 is 2.32. The molecule has 1 aromatic heterocycles. The topological polar surface area (TPSA) is 29.9 Å². The summed E-state index contributed by atoms with van der Waals surface area (Å²) in [5.41, 5.74) is 0. The van der Waals surface area contributed by atoms with Crippen LogP contribution in [0.2, 0.25) is 0 Å². The Kier molecular flexibility index (Phi) is 6.94. The first-order chi connectivity index (χ1) is 9.83. The second-order valence-electron chi connectivity index (χ2n) is 5.79. The van der Waals surface area contributed by atoms with Gasteiger partial charge in [-0.3, -0.25) is 0 Å². The monoisotopic (exact) mass is 295 g/mol. The molecule has 1 N–H and O–H groups in total. The summed E-state index contributed by atoms with van der Waals surface area (Å²) in [6, 6.07) is 0.589. The first-order valence-electron chi connectivity index (χ1n) is 8.14. The quantitative estimate of drug-likeness (QED) is 0.797. The highest BCUT2D eigenvalue weighted by atomic mass is 32.2. The summed E-state index contributed by atoms with van der Waals surface area (Å²) in [6.45, 7) is 6.59. The van der Waals surface area contributed by atoms with Crippen LogP contribution < -0.4 is 5.32 Å². The van der Waals surface area contributed by atoms with Crippen LogP contribution in [-0.2, 0) is 13.0 Å². The van der Waals surface area contributed by atoms with E-state index in [1.54, 1.807) is 0 Å². The zero-order valence-corrected chi connectivity index (χ0v) is 13.8. The van der Waals surface area contributed by atoms with Crippen LogP contribution in [0, 0.1) is 5.92 Å². The van der Waals surface area contributed by atoms with Crippen molar-refractivity contribution in [1.29, 1.82) is 0 Å². The Bertz CT molecular complexity index is 372. The molecule has 0 aliphatic carbocycles. The fraction of sp³-hybridized carbons (Fsp3) is 0.812. The van der Waals surface area contributed by atoms with E-state index in [-0.39, 0.29) is 0 Å². The van der Waals surface area contributed by atoms with Crippen LogP contribution in [0.3, 0.4) is 0 Å². The lowest BCUT2D eigenvalue weighted by molar-refractivity contribution is 0.360. The summed E-state index contributed by atoms with van der Waals surface area (Å²) in [6.07, 6.45) is 10.4. The lowest BCUT2D eigenvalue weighted by atomic mass is 9.92. The Labute approximate surface area is 127 Å². The van der Waals surface area contributed by atoms with Gasteiger partial charge in [-0.05, 0) is 49.7 Å². The number of imidazole rings is 1. The molecule has 0 spiro atoms. The van der Waals surface area contributed by atoms with Gasteiger partial charge in [0.05, 0.1) is 0 Å². The van der Waals surface area contributed by atoms with Crippen molar-refractivity contribution in [3.63, 3.8) is 0 Å². The first kappa shape index (κ1) is 15.9. The van der Waals surface area contributed by atoms with Crippen LogP contribution in [-0.4, -0.2) is 33.6 Å². The summed E-state index contributed by atoms with van der Waals surface area (Å²) >= 11 is 2.12. The Hall–Kier alpha value is -0.480. The van der Waals surface area contributed by atoms with Gasteiger partial charge in [-0.1, -0.05) is 13.8 Å². The van der Waals surface area contributed by atoms with Gasteiger partial charge in [0.25, 0.3) is 0 Å². The fourth-order valence-corrected chi connectivity index (χ4v) is 4.31. The normalized spacial score (nSPS) is 18.3. The molecular weight excluding hydrogens is 266 g/mol. The van der Waals surface area contributed by atoms with Crippen molar-refractivity contribution in [1.82, 2.24) is 14.9 Å². The van der Waals surface area contributed by atoms with E-state index in [1.807, 2.05) is 6.20 Å². The molecule has 0 aromatic carbocycles. The van der Waals surface area contributed by atoms with Crippen molar-refractivity contribution in [2.45, 2.75) is 58.5 Å². The maximum atomic E-state index is 4.57. The maximum Gasteiger partial charge on any atom is 0.110 e. The molecule has 114 valence electrons. The molecule has 2 rings (SSSR count). The van der Waals surface area contributed by atoms with Gasteiger partial charge in [-0.2, -0.15) is 11.8 Å². The molecule has 1 aliphatic heterocycles. The summed E-state index contributed by atoms with van der Waals surface area (Å²) in [5.74, 6) is 4.87. The average molecular weight is 295 g/mol. The molecule has 1 aliphatic rings. The Morgan fingerprint density at radius 3 is 2.90 bits per heavy atom. The van der Waals surface area contributed by atoms with Crippen LogP contribution in [0.25, 0.3) is 0 Å². The van der Waals surface area contributed by atoms with Gasteiger partial charge < -0.3 is 9.88 Å². The van der Waals surface area contributed by atoms with E-state index < -0.39 is 0 Å². The number of rotatable bonds is 8. The van der Waals surface area contributed by atoms with Crippen LogP contribution in [0.4, 0.5) is 0 Å². The number of hydrogen-bond acceptors (Lipinski definition) is 3.